The molecule has 0 radical (unpaired) electrons. The SMILES string of the molecule is COC1CC(C)(C(=O)Nc2c[nH]c3ccc(OCCC4C[C@@H]5CN(CC(F)(F)F)C[C@@H]5C4)cc23)C1. The minimum Gasteiger partial charge on any atom is -0.494 e. The summed E-state index contributed by atoms with van der Waals surface area (Å²) in [6.45, 7) is 2.87. The number of hydrogen-bond donors (Lipinski definition) is 2. The van der Waals surface area contributed by atoms with Crippen molar-refractivity contribution in [2.24, 2.45) is 23.2 Å². The molecule has 1 saturated heterocycles. The van der Waals surface area contributed by atoms with Crippen LogP contribution in [0, 0.1) is 23.2 Å². The van der Waals surface area contributed by atoms with Crippen LogP contribution in [0.5, 0.6) is 5.75 Å². The van der Waals surface area contributed by atoms with Crippen LogP contribution in [0.15, 0.2) is 24.4 Å². The van der Waals surface area contributed by atoms with Crippen LogP contribution in [-0.2, 0) is 9.53 Å². The number of carbonyl (C=O) groups is 1. The van der Waals surface area contributed by atoms with Gasteiger partial charge in [0.25, 0.3) is 0 Å². The molecule has 3 aliphatic rings. The van der Waals surface area contributed by atoms with E-state index in [-0.39, 0.29) is 12.0 Å². The molecule has 5 rings (SSSR count). The van der Waals surface area contributed by atoms with Gasteiger partial charge in [-0.3, -0.25) is 9.69 Å². The van der Waals surface area contributed by atoms with Crippen molar-refractivity contribution in [1.82, 2.24) is 9.88 Å². The van der Waals surface area contributed by atoms with E-state index in [1.165, 1.54) is 0 Å². The van der Waals surface area contributed by atoms with Crippen LogP contribution in [0.2, 0.25) is 0 Å². The summed E-state index contributed by atoms with van der Waals surface area (Å²) in [6, 6.07) is 5.81. The van der Waals surface area contributed by atoms with Crippen LogP contribution in [0.1, 0.15) is 39.0 Å². The van der Waals surface area contributed by atoms with Crippen molar-refractivity contribution in [2.45, 2.75) is 51.3 Å². The Hall–Kier alpha value is -2.26. The smallest absolute Gasteiger partial charge is 0.401 e. The summed E-state index contributed by atoms with van der Waals surface area (Å²) in [5.74, 6) is 2.00. The number of nitrogens with one attached hydrogen (secondary N) is 2. The van der Waals surface area contributed by atoms with Gasteiger partial charge in [-0.15, -0.1) is 0 Å². The lowest BCUT2D eigenvalue weighted by Gasteiger charge is -2.42. The number of anilines is 1. The molecule has 3 atom stereocenters. The van der Waals surface area contributed by atoms with Gasteiger partial charge in [-0.1, -0.05) is 6.92 Å². The van der Waals surface area contributed by atoms with Crippen molar-refractivity contribution in [2.75, 3.05) is 38.7 Å². The number of rotatable bonds is 8. The second-order valence-electron chi connectivity index (χ2n) is 11.0. The van der Waals surface area contributed by atoms with E-state index in [2.05, 4.69) is 10.3 Å². The van der Waals surface area contributed by atoms with Gasteiger partial charge in [0.05, 0.1) is 30.4 Å². The Balaban J connectivity index is 1.11. The molecule has 2 aliphatic carbocycles. The minimum absolute atomic E-state index is 0.00129. The number of ether oxygens (including phenoxy) is 2. The number of methoxy groups -OCH3 is 1. The first-order valence-corrected chi connectivity index (χ1v) is 12.5. The number of benzene rings is 1. The van der Waals surface area contributed by atoms with Gasteiger partial charge >= 0.3 is 6.18 Å². The quantitative estimate of drug-likeness (QED) is 0.530. The van der Waals surface area contributed by atoms with Crippen molar-refractivity contribution >= 4 is 22.5 Å². The molecule has 0 bridgehead atoms. The Morgan fingerprint density at radius 2 is 1.94 bits per heavy atom. The zero-order valence-corrected chi connectivity index (χ0v) is 20.3. The fourth-order valence-electron chi connectivity index (χ4n) is 6.35. The number of halogens is 3. The van der Waals surface area contributed by atoms with Gasteiger partial charge < -0.3 is 19.8 Å². The largest absolute Gasteiger partial charge is 0.494 e. The number of H-pyrrole nitrogens is 1. The molecule has 3 fully saturated rings. The number of nitrogens with zero attached hydrogens (tertiary/aromatic N) is 1. The molecule has 1 amide bonds. The highest BCUT2D eigenvalue weighted by Crippen LogP contribution is 2.44. The molecule has 192 valence electrons. The Kier molecular flexibility index (Phi) is 6.50. The lowest BCUT2D eigenvalue weighted by Crippen LogP contribution is -2.48. The van der Waals surface area contributed by atoms with Crippen molar-refractivity contribution < 1.29 is 27.4 Å². The Bertz CT molecular complexity index is 1050. The Morgan fingerprint density at radius 1 is 1.23 bits per heavy atom. The van der Waals surface area contributed by atoms with Gasteiger partial charge in [-0.25, -0.2) is 0 Å². The third kappa shape index (κ3) is 5.31. The molecule has 1 aliphatic heterocycles. The summed E-state index contributed by atoms with van der Waals surface area (Å²) in [4.78, 5) is 17.6. The normalized spacial score (nSPS) is 30.9. The van der Waals surface area contributed by atoms with E-state index < -0.39 is 18.1 Å². The van der Waals surface area contributed by atoms with E-state index in [0.29, 0.717) is 37.5 Å². The number of aromatic amines is 1. The zero-order valence-electron chi connectivity index (χ0n) is 20.3. The van der Waals surface area contributed by atoms with Gasteiger partial charge in [0.15, 0.2) is 0 Å². The molecule has 1 unspecified atom stereocenters. The standard InChI is InChI=1S/C26H34F3N3O3/c1-25(10-20(11-25)34-2)24(33)31-23-12-30-22-4-3-19(9-21(22)23)35-6-5-16-7-17-13-32(14-18(17)8-16)15-26(27,28)29/h3-4,9,12,16-18,20,30H,5-8,10-11,13-15H2,1-2H3,(H,31,33)/t16?,17-,18+,20?,25?. The van der Waals surface area contributed by atoms with Gasteiger partial charge in [-0.05, 0) is 68.1 Å². The molecule has 2 aromatic rings. The maximum absolute atomic E-state index is 12.8. The minimum atomic E-state index is -4.11. The van der Waals surface area contributed by atoms with Crippen molar-refractivity contribution in [3.63, 3.8) is 0 Å². The number of amides is 1. The van der Waals surface area contributed by atoms with Gasteiger partial charge in [0.2, 0.25) is 5.91 Å². The van der Waals surface area contributed by atoms with Gasteiger partial charge in [0, 0.05) is 37.3 Å². The average Bonchev–Trinajstić information content (AvgIpc) is 3.43. The number of likely N-dealkylation sites (tertiary alicyclic amines) is 1. The summed E-state index contributed by atoms with van der Waals surface area (Å²) in [7, 11) is 1.67. The van der Waals surface area contributed by atoms with Crippen molar-refractivity contribution in [3.8, 4) is 5.75 Å². The zero-order chi connectivity index (χ0) is 24.8. The lowest BCUT2D eigenvalue weighted by molar-refractivity contribution is -0.144. The Morgan fingerprint density at radius 3 is 2.60 bits per heavy atom. The van der Waals surface area contributed by atoms with Crippen LogP contribution in [0.3, 0.4) is 0 Å². The summed E-state index contributed by atoms with van der Waals surface area (Å²) in [5.41, 5.74) is 1.25. The van der Waals surface area contributed by atoms with Gasteiger partial charge in [0.1, 0.15) is 5.75 Å². The highest BCUT2D eigenvalue weighted by atomic mass is 19.4. The summed E-state index contributed by atoms with van der Waals surface area (Å²) >= 11 is 0. The van der Waals surface area contributed by atoms with Gasteiger partial charge in [-0.2, -0.15) is 13.2 Å². The third-order valence-electron chi connectivity index (χ3n) is 8.26. The molecule has 2 heterocycles. The van der Waals surface area contributed by atoms with Crippen LogP contribution in [0.25, 0.3) is 10.9 Å². The molecule has 2 saturated carbocycles. The first kappa shape index (κ1) is 24.4. The summed E-state index contributed by atoms with van der Waals surface area (Å²) < 4.78 is 49.4. The monoisotopic (exact) mass is 493 g/mol. The molecule has 6 nitrogen and oxygen atoms in total. The fourth-order valence-corrected chi connectivity index (χ4v) is 6.35. The number of hydrogen-bond acceptors (Lipinski definition) is 4. The Labute approximate surface area is 203 Å². The average molecular weight is 494 g/mol. The van der Waals surface area contributed by atoms with E-state index in [1.54, 1.807) is 12.0 Å². The maximum Gasteiger partial charge on any atom is 0.401 e. The molecule has 0 spiro atoms. The van der Waals surface area contributed by atoms with E-state index >= 15 is 0 Å². The van der Waals surface area contributed by atoms with Crippen LogP contribution in [0.4, 0.5) is 18.9 Å². The predicted octanol–water partition coefficient (Wildman–Crippen LogP) is 5.21. The maximum atomic E-state index is 12.8. The predicted molar refractivity (Wildman–Crippen MR) is 127 cm³/mol. The topological polar surface area (TPSA) is 66.6 Å². The number of carbonyl (C=O) groups excluding carboxylic acids is 1. The van der Waals surface area contributed by atoms with Crippen molar-refractivity contribution in [3.05, 3.63) is 24.4 Å². The van der Waals surface area contributed by atoms with E-state index in [0.717, 1.165) is 54.4 Å². The van der Waals surface area contributed by atoms with Crippen molar-refractivity contribution in [1.29, 1.82) is 0 Å². The van der Waals surface area contributed by atoms with Crippen LogP contribution in [-0.4, -0.2) is 61.4 Å². The summed E-state index contributed by atoms with van der Waals surface area (Å²) in [6.07, 6.45) is 2.15. The highest BCUT2D eigenvalue weighted by Gasteiger charge is 2.46. The molecule has 1 aromatic heterocycles. The fraction of sp³-hybridized carbons (Fsp3) is 0.654. The molecule has 1 aromatic carbocycles. The van der Waals surface area contributed by atoms with Crippen LogP contribution < -0.4 is 10.1 Å². The molecule has 9 heteroatoms. The first-order chi connectivity index (χ1) is 16.6. The van der Waals surface area contributed by atoms with E-state index in [9.17, 15) is 18.0 Å². The third-order valence-corrected chi connectivity index (χ3v) is 8.26. The number of alkyl halides is 3. The van der Waals surface area contributed by atoms with Crippen LogP contribution >= 0.6 is 0 Å². The number of fused-ring (bicyclic) bond motifs is 2. The second kappa shape index (κ2) is 9.32. The molecular weight excluding hydrogens is 459 g/mol. The first-order valence-electron chi connectivity index (χ1n) is 12.5. The molecular formula is C26H34F3N3O3. The summed E-state index contributed by atoms with van der Waals surface area (Å²) in [5, 5.41) is 3.97. The molecule has 2 N–H and O–H groups in total. The van der Waals surface area contributed by atoms with E-state index in [4.69, 9.17) is 9.47 Å². The second-order valence-corrected chi connectivity index (χ2v) is 11.0. The van der Waals surface area contributed by atoms with E-state index in [1.807, 2.05) is 31.3 Å². The highest BCUT2D eigenvalue weighted by molar-refractivity contribution is 6.04. The lowest BCUT2D eigenvalue weighted by atomic mass is 9.67. The molecule has 35 heavy (non-hydrogen) atoms. The number of aromatic nitrogens is 1.